The van der Waals surface area contributed by atoms with Crippen LogP contribution in [-0.2, 0) is 23.2 Å². The van der Waals surface area contributed by atoms with E-state index in [0.717, 1.165) is 49.7 Å². The van der Waals surface area contributed by atoms with Gasteiger partial charge in [-0.3, -0.25) is 4.79 Å². The normalized spacial score (nSPS) is 20.7. The molecule has 4 rings (SSSR count). The molecule has 2 N–H and O–H groups in total. The number of carbonyl (C=O) groups excluding carboxylic acids is 1. The third kappa shape index (κ3) is 5.76. The van der Waals surface area contributed by atoms with Gasteiger partial charge in [-0.25, -0.2) is 0 Å². The van der Waals surface area contributed by atoms with Gasteiger partial charge >= 0.3 is 0 Å². The minimum absolute atomic E-state index is 0.0626. The van der Waals surface area contributed by atoms with Crippen molar-refractivity contribution < 1.29 is 9.53 Å². The summed E-state index contributed by atoms with van der Waals surface area (Å²) in [4.78, 5) is 15.2. The van der Waals surface area contributed by atoms with Crippen molar-refractivity contribution in [3.05, 3.63) is 70.8 Å². The molecule has 5 heteroatoms. The van der Waals surface area contributed by atoms with Crippen LogP contribution < -0.4 is 5.73 Å². The van der Waals surface area contributed by atoms with Crippen LogP contribution in [0, 0.1) is 23.7 Å². The molecular formula is C30H35N3O2. The third-order valence-electron chi connectivity index (χ3n) is 7.32. The minimum Gasteiger partial charge on any atom is -0.375 e. The molecule has 0 spiro atoms. The van der Waals surface area contributed by atoms with E-state index in [-0.39, 0.29) is 11.9 Å². The molecule has 0 aromatic heterocycles. The number of hydrogen-bond acceptors (Lipinski definition) is 4. The van der Waals surface area contributed by atoms with E-state index in [1.165, 1.54) is 5.56 Å². The Morgan fingerprint density at radius 3 is 2.63 bits per heavy atom. The van der Waals surface area contributed by atoms with Gasteiger partial charge in [0.25, 0.3) is 5.91 Å². The highest BCUT2D eigenvalue weighted by atomic mass is 16.5. The van der Waals surface area contributed by atoms with Gasteiger partial charge < -0.3 is 15.4 Å². The van der Waals surface area contributed by atoms with Crippen molar-refractivity contribution in [3.8, 4) is 18.4 Å². The largest absolute Gasteiger partial charge is 0.375 e. The van der Waals surface area contributed by atoms with Crippen molar-refractivity contribution in [2.45, 2.75) is 75.5 Å². The number of benzene rings is 2. The molecule has 1 saturated heterocycles. The van der Waals surface area contributed by atoms with Gasteiger partial charge in [-0.15, -0.1) is 6.42 Å². The molecule has 1 aliphatic carbocycles. The van der Waals surface area contributed by atoms with Gasteiger partial charge in [0.05, 0.1) is 30.7 Å². The highest BCUT2D eigenvalue weighted by Gasteiger charge is 2.37. The summed E-state index contributed by atoms with van der Waals surface area (Å²) < 4.78 is 6.08. The van der Waals surface area contributed by atoms with Crippen molar-refractivity contribution in [2.75, 3.05) is 13.2 Å². The van der Waals surface area contributed by atoms with Crippen LogP contribution >= 0.6 is 0 Å². The van der Waals surface area contributed by atoms with Crippen LogP contribution in [0.2, 0.25) is 0 Å². The number of terminal acetylenes is 1. The lowest BCUT2D eigenvalue weighted by atomic mass is 9.79. The molecule has 1 heterocycles. The Morgan fingerprint density at radius 1 is 1.20 bits per heavy atom. The lowest BCUT2D eigenvalue weighted by Gasteiger charge is -2.26. The van der Waals surface area contributed by atoms with Crippen LogP contribution in [0.3, 0.4) is 0 Å². The summed E-state index contributed by atoms with van der Waals surface area (Å²) in [6.07, 6.45) is 11.8. The zero-order valence-corrected chi connectivity index (χ0v) is 20.6. The maximum absolute atomic E-state index is 13.5. The first-order valence-electron chi connectivity index (χ1n) is 12.6. The highest BCUT2D eigenvalue weighted by molar-refractivity contribution is 5.95. The van der Waals surface area contributed by atoms with Crippen LogP contribution in [0.15, 0.2) is 48.5 Å². The fraction of sp³-hybridized carbons (Fsp3) is 0.467. The monoisotopic (exact) mass is 469 g/mol. The summed E-state index contributed by atoms with van der Waals surface area (Å²) in [6.45, 7) is 3.36. The molecule has 0 radical (unpaired) electrons. The molecule has 182 valence electrons. The smallest absolute Gasteiger partial charge is 0.254 e. The SMILES string of the molecule is C#CC1CCCN1C(=O)c1cc(COCC(C)(N)Cc2ccccc2)cc(C2(C#N)CCCC2)c1. The van der Waals surface area contributed by atoms with Crippen molar-refractivity contribution in [3.63, 3.8) is 0 Å². The van der Waals surface area contributed by atoms with E-state index in [4.69, 9.17) is 16.9 Å². The van der Waals surface area contributed by atoms with Crippen LogP contribution in [-0.4, -0.2) is 35.5 Å². The molecule has 35 heavy (non-hydrogen) atoms. The average molecular weight is 470 g/mol. The first kappa shape index (κ1) is 25.0. The molecule has 1 aliphatic heterocycles. The fourth-order valence-electron chi connectivity index (χ4n) is 5.48. The Hall–Kier alpha value is -3.12. The quantitative estimate of drug-likeness (QED) is 0.567. The Labute approximate surface area is 209 Å². The molecule has 2 aromatic carbocycles. The van der Waals surface area contributed by atoms with Gasteiger partial charge in [0.1, 0.15) is 0 Å². The van der Waals surface area contributed by atoms with Gasteiger partial charge in [0, 0.05) is 17.6 Å². The summed E-state index contributed by atoms with van der Waals surface area (Å²) in [7, 11) is 0. The van der Waals surface area contributed by atoms with E-state index < -0.39 is 11.0 Å². The molecule has 5 nitrogen and oxygen atoms in total. The van der Waals surface area contributed by atoms with E-state index in [0.29, 0.717) is 31.7 Å². The summed E-state index contributed by atoms with van der Waals surface area (Å²) in [5.74, 6) is 2.69. The summed E-state index contributed by atoms with van der Waals surface area (Å²) >= 11 is 0. The Balaban J connectivity index is 1.54. The topological polar surface area (TPSA) is 79.3 Å². The Kier molecular flexibility index (Phi) is 7.60. The molecule has 2 aromatic rings. The van der Waals surface area contributed by atoms with Gasteiger partial charge in [-0.1, -0.05) is 55.2 Å². The van der Waals surface area contributed by atoms with E-state index >= 15 is 0 Å². The Morgan fingerprint density at radius 2 is 1.94 bits per heavy atom. The summed E-state index contributed by atoms with van der Waals surface area (Å²) in [5.41, 5.74) is 9.02. The average Bonchev–Trinajstić information content (AvgIpc) is 3.54. The van der Waals surface area contributed by atoms with Gasteiger partial charge in [0.2, 0.25) is 0 Å². The zero-order valence-electron chi connectivity index (χ0n) is 20.6. The number of hydrogen-bond donors (Lipinski definition) is 1. The molecule has 2 aliphatic rings. The number of nitriles is 1. The second-order valence-electron chi connectivity index (χ2n) is 10.5. The zero-order chi connectivity index (χ0) is 24.9. The first-order valence-corrected chi connectivity index (χ1v) is 12.6. The summed E-state index contributed by atoms with van der Waals surface area (Å²) in [5, 5.41) is 10.1. The van der Waals surface area contributed by atoms with Crippen LogP contribution in [0.5, 0.6) is 0 Å². The molecule has 2 unspecified atom stereocenters. The van der Waals surface area contributed by atoms with E-state index in [9.17, 15) is 10.1 Å². The third-order valence-corrected chi connectivity index (χ3v) is 7.32. The molecule has 0 bridgehead atoms. The molecule has 1 amide bonds. The number of nitrogens with two attached hydrogens (primary N) is 1. The first-order chi connectivity index (χ1) is 16.9. The van der Waals surface area contributed by atoms with Gasteiger partial charge in [-0.05, 0) is 67.9 Å². The molecule has 2 atom stereocenters. The van der Waals surface area contributed by atoms with Crippen molar-refractivity contribution >= 4 is 5.91 Å². The van der Waals surface area contributed by atoms with E-state index in [1.807, 2.05) is 43.3 Å². The number of amides is 1. The second-order valence-corrected chi connectivity index (χ2v) is 10.5. The van der Waals surface area contributed by atoms with Crippen molar-refractivity contribution in [2.24, 2.45) is 5.73 Å². The van der Waals surface area contributed by atoms with Gasteiger partial charge in [-0.2, -0.15) is 5.26 Å². The lowest BCUT2D eigenvalue weighted by molar-refractivity contribution is 0.0757. The standard InChI is InChI=1S/C30H35N3O2/c1-3-27-12-9-15-33(27)28(34)25-16-24(17-26(18-25)30(21-31)13-7-8-14-30)20-35-22-29(2,32)19-23-10-5-4-6-11-23/h1,4-6,10-11,16-18,27H,7-9,12-15,19-20,22,32H2,2H3. The Bertz CT molecular complexity index is 1120. The number of rotatable bonds is 8. The van der Waals surface area contributed by atoms with Crippen LogP contribution in [0.1, 0.15) is 72.5 Å². The van der Waals surface area contributed by atoms with E-state index in [1.54, 1.807) is 4.90 Å². The summed E-state index contributed by atoms with van der Waals surface area (Å²) in [6, 6.07) is 18.4. The van der Waals surface area contributed by atoms with Crippen molar-refractivity contribution in [1.29, 1.82) is 5.26 Å². The maximum Gasteiger partial charge on any atom is 0.254 e. The van der Waals surface area contributed by atoms with E-state index in [2.05, 4.69) is 24.1 Å². The number of carbonyl (C=O) groups is 1. The second kappa shape index (κ2) is 10.6. The highest BCUT2D eigenvalue weighted by Crippen LogP contribution is 2.41. The maximum atomic E-state index is 13.5. The van der Waals surface area contributed by atoms with Gasteiger partial charge in [0.15, 0.2) is 0 Å². The number of nitrogens with zero attached hydrogens (tertiary/aromatic N) is 2. The molecular weight excluding hydrogens is 434 g/mol. The fourth-order valence-corrected chi connectivity index (χ4v) is 5.48. The lowest BCUT2D eigenvalue weighted by Crippen LogP contribution is -2.43. The molecule has 2 fully saturated rings. The predicted molar refractivity (Wildman–Crippen MR) is 137 cm³/mol. The molecule has 1 saturated carbocycles. The predicted octanol–water partition coefficient (Wildman–Crippen LogP) is 4.74. The van der Waals surface area contributed by atoms with Crippen molar-refractivity contribution in [1.82, 2.24) is 4.90 Å². The minimum atomic E-state index is -0.544. The van der Waals surface area contributed by atoms with Crippen LogP contribution in [0.25, 0.3) is 0 Å². The number of ether oxygens (including phenoxy) is 1. The number of likely N-dealkylation sites (tertiary alicyclic amines) is 1. The van der Waals surface area contributed by atoms with Crippen LogP contribution in [0.4, 0.5) is 0 Å².